The Morgan fingerprint density at radius 3 is 2.57 bits per heavy atom. The summed E-state index contributed by atoms with van der Waals surface area (Å²) in [5, 5.41) is 4.91. The third kappa shape index (κ3) is 3.04. The maximum Gasteiger partial charge on any atom is 0.322 e. The Balaban J connectivity index is 1.78. The van der Waals surface area contributed by atoms with Crippen LogP contribution in [0.25, 0.3) is 0 Å². The lowest BCUT2D eigenvalue weighted by molar-refractivity contribution is -0.123. The number of carbonyl (C=O) groups is 2. The molecule has 1 saturated heterocycles. The van der Waals surface area contributed by atoms with E-state index in [-0.39, 0.29) is 5.91 Å². The summed E-state index contributed by atoms with van der Waals surface area (Å²) in [5.74, 6) is 0.289. The lowest BCUT2D eigenvalue weighted by Gasteiger charge is -2.21. The summed E-state index contributed by atoms with van der Waals surface area (Å²) in [7, 11) is 0. The van der Waals surface area contributed by atoms with E-state index in [2.05, 4.69) is 16.7 Å². The molecule has 2 aromatic rings. The van der Waals surface area contributed by atoms with Gasteiger partial charge in [-0.15, -0.1) is 0 Å². The molecule has 0 spiro atoms. The first kappa shape index (κ1) is 15.1. The zero-order chi connectivity index (χ0) is 16.4. The van der Waals surface area contributed by atoms with Crippen molar-refractivity contribution in [3.63, 3.8) is 0 Å². The van der Waals surface area contributed by atoms with Crippen molar-refractivity contribution >= 4 is 11.9 Å². The van der Waals surface area contributed by atoms with Gasteiger partial charge in [-0.1, -0.05) is 42.0 Å². The number of benzene rings is 2. The monoisotopic (exact) mass is 310 g/mol. The summed E-state index contributed by atoms with van der Waals surface area (Å²) in [6, 6.07) is 14.8. The first-order valence-electron chi connectivity index (χ1n) is 7.40. The molecule has 1 aliphatic rings. The van der Waals surface area contributed by atoms with Crippen LogP contribution in [0.2, 0.25) is 0 Å². The number of hydrogen-bond acceptors (Lipinski definition) is 3. The normalized spacial score (nSPS) is 20.1. The standard InChI is InChI=1S/C18H18N2O3/c1-12-5-3-6-13(9-12)11-23-15-8-4-7-14(10-15)18(2)16(21)19-17(22)20-18/h3-10H,11H2,1-2H3,(H2,19,20,21,22)/t18-/m1/s1. The lowest BCUT2D eigenvalue weighted by atomic mass is 9.92. The van der Waals surface area contributed by atoms with E-state index in [9.17, 15) is 9.59 Å². The van der Waals surface area contributed by atoms with Crippen molar-refractivity contribution < 1.29 is 14.3 Å². The van der Waals surface area contributed by atoms with Crippen LogP contribution in [0, 0.1) is 6.92 Å². The van der Waals surface area contributed by atoms with E-state index >= 15 is 0 Å². The number of carbonyl (C=O) groups excluding carboxylic acids is 2. The van der Waals surface area contributed by atoms with E-state index in [0.29, 0.717) is 17.9 Å². The maximum atomic E-state index is 12.0. The van der Waals surface area contributed by atoms with Crippen LogP contribution < -0.4 is 15.4 Å². The van der Waals surface area contributed by atoms with Crippen molar-refractivity contribution in [1.29, 1.82) is 0 Å². The van der Waals surface area contributed by atoms with Crippen LogP contribution in [0.15, 0.2) is 48.5 Å². The Morgan fingerprint density at radius 1 is 1.09 bits per heavy atom. The van der Waals surface area contributed by atoms with E-state index in [0.717, 1.165) is 5.56 Å². The molecule has 0 saturated carbocycles. The molecule has 3 amide bonds. The fourth-order valence-corrected chi connectivity index (χ4v) is 2.61. The second-order valence-electron chi connectivity index (χ2n) is 5.84. The Bertz CT molecular complexity index is 772. The van der Waals surface area contributed by atoms with Crippen molar-refractivity contribution in [2.24, 2.45) is 0 Å². The number of rotatable bonds is 4. The van der Waals surface area contributed by atoms with Gasteiger partial charge < -0.3 is 10.1 Å². The van der Waals surface area contributed by atoms with Gasteiger partial charge in [0.2, 0.25) is 0 Å². The number of ether oxygens (including phenoxy) is 1. The van der Waals surface area contributed by atoms with Crippen LogP contribution in [-0.4, -0.2) is 11.9 Å². The van der Waals surface area contributed by atoms with Crippen molar-refractivity contribution in [3.05, 3.63) is 65.2 Å². The van der Waals surface area contributed by atoms with Gasteiger partial charge in [-0.3, -0.25) is 10.1 Å². The highest BCUT2D eigenvalue weighted by Gasteiger charge is 2.43. The van der Waals surface area contributed by atoms with Crippen LogP contribution in [0.3, 0.4) is 0 Å². The van der Waals surface area contributed by atoms with Gasteiger partial charge in [0.05, 0.1) is 0 Å². The molecule has 0 radical (unpaired) electrons. The summed E-state index contributed by atoms with van der Waals surface area (Å²) >= 11 is 0. The van der Waals surface area contributed by atoms with Gasteiger partial charge in [-0.2, -0.15) is 0 Å². The largest absolute Gasteiger partial charge is 0.489 e. The van der Waals surface area contributed by atoms with E-state index in [1.807, 2.05) is 37.3 Å². The third-order valence-electron chi connectivity index (χ3n) is 3.94. The first-order chi connectivity index (χ1) is 11.0. The second-order valence-corrected chi connectivity index (χ2v) is 5.84. The molecule has 0 aromatic heterocycles. The van der Waals surface area contributed by atoms with Crippen LogP contribution in [0.5, 0.6) is 5.75 Å². The average Bonchev–Trinajstić information content (AvgIpc) is 2.79. The highest BCUT2D eigenvalue weighted by molar-refractivity contribution is 6.07. The fourth-order valence-electron chi connectivity index (χ4n) is 2.61. The van der Waals surface area contributed by atoms with Crippen molar-refractivity contribution in [3.8, 4) is 5.75 Å². The smallest absolute Gasteiger partial charge is 0.322 e. The number of urea groups is 1. The Labute approximate surface area is 134 Å². The summed E-state index contributed by atoms with van der Waals surface area (Å²) < 4.78 is 5.81. The highest BCUT2D eigenvalue weighted by Crippen LogP contribution is 2.27. The summed E-state index contributed by atoms with van der Waals surface area (Å²) in [6.07, 6.45) is 0. The minimum absolute atomic E-state index is 0.363. The number of aryl methyl sites for hydroxylation is 1. The topological polar surface area (TPSA) is 67.4 Å². The molecule has 23 heavy (non-hydrogen) atoms. The summed E-state index contributed by atoms with van der Waals surface area (Å²) in [5.41, 5.74) is 1.87. The van der Waals surface area contributed by atoms with Crippen LogP contribution >= 0.6 is 0 Å². The summed E-state index contributed by atoms with van der Waals surface area (Å²) in [6.45, 7) is 4.15. The van der Waals surface area contributed by atoms with Gasteiger partial charge in [0.25, 0.3) is 5.91 Å². The zero-order valence-corrected chi connectivity index (χ0v) is 13.1. The van der Waals surface area contributed by atoms with Crippen LogP contribution in [0.1, 0.15) is 23.6 Å². The van der Waals surface area contributed by atoms with E-state index in [1.54, 1.807) is 19.1 Å². The number of nitrogens with one attached hydrogen (secondary N) is 2. The zero-order valence-electron chi connectivity index (χ0n) is 13.1. The van der Waals surface area contributed by atoms with Crippen LogP contribution in [0.4, 0.5) is 4.79 Å². The van der Waals surface area contributed by atoms with Crippen LogP contribution in [-0.2, 0) is 16.9 Å². The van der Waals surface area contributed by atoms with Gasteiger partial charge >= 0.3 is 6.03 Å². The van der Waals surface area contributed by atoms with Crippen molar-refractivity contribution in [2.45, 2.75) is 26.0 Å². The van der Waals surface area contributed by atoms with E-state index < -0.39 is 11.6 Å². The molecule has 118 valence electrons. The fraction of sp³-hybridized carbons (Fsp3) is 0.222. The van der Waals surface area contributed by atoms with Gasteiger partial charge in [-0.25, -0.2) is 4.79 Å². The molecular formula is C18H18N2O3. The molecule has 5 nitrogen and oxygen atoms in total. The minimum atomic E-state index is -1.07. The molecule has 0 aliphatic carbocycles. The van der Waals surface area contributed by atoms with E-state index in [4.69, 9.17) is 4.74 Å². The van der Waals surface area contributed by atoms with E-state index in [1.165, 1.54) is 5.56 Å². The molecule has 1 atom stereocenters. The number of amides is 3. The SMILES string of the molecule is Cc1cccc(COc2cccc([C@@]3(C)NC(=O)NC3=O)c2)c1. The number of hydrogen-bond donors (Lipinski definition) is 2. The molecular weight excluding hydrogens is 292 g/mol. The molecule has 1 fully saturated rings. The Hall–Kier alpha value is -2.82. The predicted molar refractivity (Wildman–Crippen MR) is 86.0 cm³/mol. The Morgan fingerprint density at radius 2 is 1.87 bits per heavy atom. The lowest BCUT2D eigenvalue weighted by Crippen LogP contribution is -2.40. The highest BCUT2D eigenvalue weighted by atomic mass is 16.5. The molecule has 0 bridgehead atoms. The van der Waals surface area contributed by atoms with Gasteiger partial charge in [0.15, 0.2) is 0 Å². The van der Waals surface area contributed by atoms with Gasteiger partial charge in [-0.05, 0) is 37.1 Å². The van der Waals surface area contributed by atoms with Gasteiger partial charge in [0.1, 0.15) is 17.9 Å². The Kier molecular flexibility index (Phi) is 3.78. The second kappa shape index (κ2) is 5.76. The molecule has 3 rings (SSSR count). The molecule has 1 aliphatic heterocycles. The maximum absolute atomic E-state index is 12.0. The van der Waals surface area contributed by atoms with Crippen molar-refractivity contribution in [2.75, 3.05) is 0 Å². The molecule has 5 heteroatoms. The molecule has 2 N–H and O–H groups in total. The van der Waals surface area contributed by atoms with Crippen molar-refractivity contribution in [1.82, 2.24) is 10.6 Å². The quantitative estimate of drug-likeness (QED) is 0.853. The minimum Gasteiger partial charge on any atom is -0.489 e. The molecule has 2 aromatic carbocycles. The third-order valence-corrected chi connectivity index (χ3v) is 3.94. The first-order valence-corrected chi connectivity index (χ1v) is 7.40. The molecule has 1 heterocycles. The van der Waals surface area contributed by atoms with Gasteiger partial charge in [0, 0.05) is 0 Å². The predicted octanol–water partition coefficient (Wildman–Crippen LogP) is 2.63. The summed E-state index contributed by atoms with van der Waals surface area (Å²) in [4.78, 5) is 23.4. The average molecular weight is 310 g/mol. The molecule has 0 unspecified atom stereocenters. The number of imide groups is 1.